The maximum absolute atomic E-state index is 15.2. The molecule has 3 atom stereocenters. The first-order valence-electron chi connectivity index (χ1n) is 14.7. The number of fused-ring (bicyclic) bond motifs is 1. The highest BCUT2D eigenvalue weighted by molar-refractivity contribution is 7.90. The highest BCUT2D eigenvalue weighted by Gasteiger charge is 2.40. The SMILES string of the molecule is CCC1CC(N2CCC(c3cc(F)c4nc(-c5ccc(S(C)(=O)=O)cc5)cn4c3)CC2)CC(C)N1C1CCC1. The normalized spacial score (nSPS) is 26.2. The van der Waals surface area contributed by atoms with Crippen molar-refractivity contribution in [1.82, 2.24) is 19.2 Å². The van der Waals surface area contributed by atoms with Gasteiger partial charge in [0.25, 0.3) is 0 Å². The van der Waals surface area contributed by atoms with Crippen molar-refractivity contribution in [2.24, 2.45) is 0 Å². The van der Waals surface area contributed by atoms with Crippen LogP contribution in [-0.2, 0) is 9.84 Å². The monoisotopic (exact) mass is 552 g/mol. The fourth-order valence-electron chi connectivity index (χ4n) is 7.34. The van der Waals surface area contributed by atoms with E-state index >= 15 is 4.39 Å². The zero-order chi connectivity index (χ0) is 27.3. The van der Waals surface area contributed by atoms with Crippen molar-refractivity contribution >= 4 is 15.5 Å². The Balaban J connectivity index is 1.14. The van der Waals surface area contributed by atoms with Gasteiger partial charge in [-0.3, -0.25) is 4.90 Å². The Kier molecular flexibility index (Phi) is 7.31. The number of halogens is 1. The molecule has 2 saturated heterocycles. The molecular weight excluding hydrogens is 511 g/mol. The highest BCUT2D eigenvalue weighted by Crippen LogP contribution is 2.38. The number of pyridine rings is 1. The zero-order valence-electron chi connectivity index (χ0n) is 23.4. The third-order valence-corrected chi connectivity index (χ3v) is 10.8. The van der Waals surface area contributed by atoms with Crippen LogP contribution in [0, 0.1) is 5.82 Å². The van der Waals surface area contributed by atoms with E-state index in [4.69, 9.17) is 0 Å². The van der Waals surface area contributed by atoms with Crippen LogP contribution in [0.1, 0.15) is 76.7 Å². The van der Waals surface area contributed by atoms with Gasteiger partial charge in [0, 0.05) is 48.4 Å². The Morgan fingerprint density at radius 2 is 1.72 bits per heavy atom. The molecule has 0 bridgehead atoms. The van der Waals surface area contributed by atoms with E-state index in [1.54, 1.807) is 34.7 Å². The van der Waals surface area contributed by atoms with Gasteiger partial charge >= 0.3 is 0 Å². The zero-order valence-corrected chi connectivity index (χ0v) is 24.2. The third kappa shape index (κ3) is 5.27. The quantitative estimate of drug-likeness (QED) is 0.381. The predicted octanol–water partition coefficient (Wildman–Crippen LogP) is 5.91. The van der Waals surface area contributed by atoms with E-state index in [0.717, 1.165) is 43.1 Å². The number of imidazole rings is 1. The van der Waals surface area contributed by atoms with Crippen LogP contribution in [0.5, 0.6) is 0 Å². The van der Waals surface area contributed by atoms with Crippen LogP contribution in [0.25, 0.3) is 16.9 Å². The molecule has 8 heteroatoms. The van der Waals surface area contributed by atoms with E-state index < -0.39 is 9.84 Å². The minimum atomic E-state index is -3.27. The van der Waals surface area contributed by atoms with Gasteiger partial charge < -0.3 is 9.30 Å². The molecule has 1 aliphatic carbocycles. The smallest absolute Gasteiger partial charge is 0.175 e. The second kappa shape index (κ2) is 10.6. The molecular formula is C31H41FN4O2S. The van der Waals surface area contributed by atoms with E-state index in [9.17, 15) is 8.42 Å². The number of nitrogens with zero attached hydrogens (tertiary/aromatic N) is 4. The van der Waals surface area contributed by atoms with Crippen LogP contribution in [-0.4, -0.2) is 71.1 Å². The molecule has 3 aliphatic rings. The molecule has 3 aromatic rings. The van der Waals surface area contributed by atoms with Gasteiger partial charge in [-0.2, -0.15) is 0 Å². The fourth-order valence-corrected chi connectivity index (χ4v) is 7.97. The Morgan fingerprint density at radius 1 is 1.00 bits per heavy atom. The molecule has 0 radical (unpaired) electrons. The van der Waals surface area contributed by atoms with Crippen molar-refractivity contribution in [3.8, 4) is 11.3 Å². The summed E-state index contributed by atoms with van der Waals surface area (Å²) in [5.74, 6) is 0.0337. The summed E-state index contributed by atoms with van der Waals surface area (Å²) in [6.07, 6.45) is 15.1. The van der Waals surface area contributed by atoms with Crippen LogP contribution in [0.15, 0.2) is 47.6 Å². The first-order valence-corrected chi connectivity index (χ1v) is 16.6. The summed E-state index contributed by atoms with van der Waals surface area (Å²) in [5, 5.41) is 0. The molecule has 6 rings (SSSR count). The number of hydrogen-bond acceptors (Lipinski definition) is 5. The standard InChI is InChI=1S/C31H41FN4O2S/c1-4-25-18-27(16-21(2)36(25)26-6-5-7-26)34-14-12-22(13-15-34)24-17-29(32)31-33-30(20-35(31)19-24)23-8-10-28(11-9-23)39(3,37)38/h8-11,17,19-22,25-27H,4-7,12-16,18H2,1-3H3. The fraction of sp³-hybridized carbons (Fsp3) is 0.581. The van der Waals surface area contributed by atoms with Gasteiger partial charge in [-0.1, -0.05) is 25.5 Å². The summed E-state index contributed by atoms with van der Waals surface area (Å²) in [5.41, 5.74) is 2.74. The Bertz CT molecular complexity index is 1420. The lowest BCUT2D eigenvalue weighted by molar-refractivity contribution is -0.0295. The lowest BCUT2D eigenvalue weighted by Gasteiger charge is -2.53. The number of hydrogen-bond donors (Lipinski definition) is 0. The van der Waals surface area contributed by atoms with Crippen LogP contribution < -0.4 is 0 Å². The summed E-state index contributed by atoms with van der Waals surface area (Å²) < 4.78 is 40.6. The molecule has 1 aromatic carbocycles. The molecule has 2 aliphatic heterocycles. The van der Waals surface area contributed by atoms with Crippen LogP contribution in [0.4, 0.5) is 4.39 Å². The van der Waals surface area contributed by atoms with Crippen molar-refractivity contribution in [1.29, 1.82) is 0 Å². The Hall–Kier alpha value is -2.29. The Morgan fingerprint density at radius 3 is 2.33 bits per heavy atom. The molecule has 0 N–H and O–H groups in total. The molecule has 3 fully saturated rings. The van der Waals surface area contributed by atoms with E-state index in [-0.39, 0.29) is 10.7 Å². The van der Waals surface area contributed by atoms with Crippen molar-refractivity contribution < 1.29 is 12.8 Å². The first kappa shape index (κ1) is 26.9. The maximum atomic E-state index is 15.2. The summed E-state index contributed by atoms with van der Waals surface area (Å²) >= 11 is 0. The number of benzene rings is 1. The maximum Gasteiger partial charge on any atom is 0.175 e. The van der Waals surface area contributed by atoms with Crippen LogP contribution in [0.3, 0.4) is 0 Å². The third-order valence-electron chi connectivity index (χ3n) is 9.68. The van der Waals surface area contributed by atoms with Crippen molar-refractivity contribution in [3.05, 3.63) is 54.1 Å². The molecule has 4 heterocycles. The van der Waals surface area contributed by atoms with Gasteiger partial charge in [0.1, 0.15) is 0 Å². The molecule has 210 valence electrons. The first-order chi connectivity index (χ1) is 18.7. The van der Waals surface area contributed by atoms with Gasteiger partial charge in [0.05, 0.1) is 10.6 Å². The lowest BCUT2D eigenvalue weighted by Crippen LogP contribution is -2.59. The molecule has 1 saturated carbocycles. The number of aromatic nitrogens is 2. The number of piperidine rings is 2. The van der Waals surface area contributed by atoms with Crippen LogP contribution >= 0.6 is 0 Å². The van der Waals surface area contributed by atoms with E-state index in [1.165, 1.54) is 44.8 Å². The van der Waals surface area contributed by atoms with E-state index in [0.29, 0.717) is 35.4 Å². The molecule has 0 spiro atoms. The van der Waals surface area contributed by atoms with Gasteiger partial charge in [0.2, 0.25) is 0 Å². The average Bonchev–Trinajstić information content (AvgIpc) is 3.33. The summed E-state index contributed by atoms with van der Waals surface area (Å²) in [6.45, 7) is 6.94. The average molecular weight is 553 g/mol. The van der Waals surface area contributed by atoms with Gasteiger partial charge in [0.15, 0.2) is 21.3 Å². The minimum Gasteiger partial charge on any atom is -0.304 e. The van der Waals surface area contributed by atoms with Crippen LogP contribution in [0.2, 0.25) is 0 Å². The van der Waals surface area contributed by atoms with Crippen molar-refractivity contribution in [2.45, 2.75) is 100 Å². The summed E-state index contributed by atoms with van der Waals surface area (Å²) in [6, 6.07) is 11.1. The molecule has 0 amide bonds. The topological polar surface area (TPSA) is 57.9 Å². The van der Waals surface area contributed by atoms with Gasteiger partial charge in [-0.15, -0.1) is 0 Å². The van der Waals surface area contributed by atoms with E-state index in [1.807, 2.05) is 12.4 Å². The predicted molar refractivity (Wildman–Crippen MR) is 153 cm³/mol. The summed E-state index contributed by atoms with van der Waals surface area (Å²) in [4.78, 5) is 10.3. The van der Waals surface area contributed by atoms with Gasteiger partial charge in [-0.05, 0) is 94.6 Å². The van der Waals surface area contributed by atoms with Gasteiger partial charge in [-0.25, -0.2) is 17.8 Å². The second-order valence-electron chi connectivity index (χ2n) is 12.2. The number of sulfone groups is 1. The van der Waals surface area contributed by atoms with Crippen molar-refractivity contribution in [2.75, 3.05) is 19.3 Å². The molecule has 3 unspecified atom stereocenters. The highest BCUT2D eigenvalue weighted by atomic mass is 32.2. The number of rotatable bonds is 6. The van der Waals surface area contributed by atoms with E-state index in [2.05, 4.69) is 28.6 Å². The Labute approximate surface area is 232 Å². The van der Waals surface area contributed by atoms with Crippen molar-refractivity contribution in [3.63, 3.8) is 0 Å². The minimum absolute atomic E-state index is 0.262. The lowest BCUT2D eigenvalue weighted by atomic mass is 9.81. The largest absolute Gasteiger partial charge is 0.304 e. The number of likely N-dealkylation sites (tertiary alicyclic amines) is 2. The summed E-state index contributed by atoms with van der Waals surface area (Å²) in [7, 11) is -3.27. The molecule has 2 aromatic heterocycles. The second-order valence-corrected chi connectivity index (χ2v) is 14.2. The molecule has 6 nitrogen and oxygen atoms in total. The molecule has 39 heavy (non-hydrogen) atoms.